The Hall–Kier alpha value is -3.24. The average Bonchev–Trinajstić information content (AvgIpc) is 3.31. The molecule has 8 nitrogen and oxygen atoms in total. The fourth-order valence-corrected chi connectivity index (χ4v) is 5.34. The van der Waals surface area contributed by atoms with Gasteiger partial charge in [0, 0.05) is 19.2 Å². The minimum absolute atomic E-state index is 0.0595. The third-order valence-electron chi connectivity index (χ3n) is 5.98. The summed E-state index contributed by atoms with van der Waals surface area (Å²) in [6, 6.07) is 20.5. The molecule has 0 bridgehead atoms. The molecule has 184 valence electrons. The lowest BCUT2D eigenvalue weighted by Crippen LogP contribution is -2.55. The van der Waals surface area contributed by atoms with E-state index in [-0.39, 0.29) is 17.2 Å². The second-order valence-corrected chi connectivity index (χ2v) is 10.2. The van der Waals surface area contributed by atoms with Gasteiger partial charge in [0.1, 0.15) is 5.75 Å². The van der Waals surface area contributed by atoms with Gasteiger partial charge in [-0.3, -0.25) is 10.1 Å². The molecular formula is C26H29N3O5S. The van der Waals surface area contributed by atoms with E-state index >= 15 is 0 Å². The van der Waals surface area contributed by atoms with Gasteiger partial charge in [-0.15, -0.1) is 0 Å². The Labute approximate surface area is 205 Å². The van der Waals surface area contributed by atoms with Gasteiger partial charge in [-0.2, -0.15) is 4.72 Å². The molecule has 1 aliphatic rings. The van der Waals surface area contributed by atoms with Gasteiger partial charge in [0.15, 0.2) is 6.35 Å². The van der Waals surface area contributed by atoms with Crippen molar-refractivity contribution < 1.29 is 23.1 Å². The fourth-order valence-electron chi connectivity index (χ4n) is 4.10. The number of rotatable bonds is 9. The van der Waals surface area contributed by atoms with E-state index in [2.05, 4.69) is 10.0 Å². The monoisotopic (exact) mass is 495 g/mol. The van der Waals surface area contributed by atoms with Crippen molar-refractivity contribution in [3.63, 3.8) is 0 Å². The van der Waals surface area contributed by atoms with Gasteiger partial charge < -0.3 is 14.7 Å². The van der Waals surface area contributed by atoms with E-state index in [9.17, 15) is 18.3 Å². The smallest absolute Gasteiger partial charge is 0.244 e. The second-order valence-electron chi connectivity index (χ2n) is 8.49. The fraction of sp³-hybridized carbons (Fsp3) is 0.269. The number of likely N-dealkylation sites (N-methyl/N-ethyl adjacent to an activating group) is 1. The standard InChI is InChI=1S/C26H29N3O5S/c1-18-8-6-7-11-24(18)35(32,33)28-26(31)27-22(16-19-9-4-3-5-10-19)25(30)29(2)21-12-13-23-20(17-21)14-15-34-23/h3-13,17,22,26-28,31H,14-16H2,1-2H3. The minimum atomic E-state index is -4.01. The maximum absolute atomic E-state index is 13.5. The van der Waals surface area contributed by atoms with Crippen LogP contribution >= 0.6 is 0 Å². The van der Waals surface area contributed by atoms with E-state index in [4.69, 9.17) is 4.74 Å². The summed E-state index contributed by atoms with van der Waals surface area (Å²) in [5, 5.41) is 13.4. The highest BCUT2D eigenvalue weighted by atomic mass is 32.2. The predicted molar refractivity (Wildman–Crippen MR) is 134 cm³/mol. The first-order valence-electron chi connectivity index (χ1n) is 11.3. The van der Waals surface area contributed by atoms with Crippen LogP contribution in [0.15, 0.2) is 77.7 Å². The van der Waals surface area contributed by atoms with Gasteiger partial charge >= 0.3 is 0 Å². The van der Waals surface area contributed by atoms with Crippen molar-refractivity contribution in [3.8, 4) is 5.75 Å². The molecule has 0 fully saturated rings. The first-order valence-corrected chi connectivity index (χ1v) is 12.8. The summed E-state index contributed by atoms with van der Waals surface area (Å²) in [5.41, 5.74) is 3.13. The summed E-state index contributed by atoms with van der Waals surface area (Å²) < 4.78 is 33.4. The highest BCUT2D eigenvalue weighted by Crippen LogP contribution is 2.29. The number of fused-ring (bicyclic) bond motifs is 1. The van der Waals surface area contributed by atoms with Crippen molar-refractivity contribution in [1.29, 1.82) is 0 Å². The number of carbonyl (C=O) groups excluding carboxylic acids is 1. The molecule has 9 heteroatoms. The number of sulfonamides is 1. The molecule has 35 heavy (non-hydrogen) atoms. The van der Waals surface area contributed by atoms with Crippen LogP contribution in [0.3, 0.4) is 0 Å². The summed E-state index contributed by atoms with van der Waals surface area (Å²) in [4.78, 5) is 15.1. The van der Waals surface area contributed by atoms with Crippen LogP contribution in [0.2, 0.25) is 0 Å². The normalized spacial score (nSPS) is 14.6. The van der Waals surface area contributed by atoms with Gasteiger partial charge in [0.25, 0.3) is 0 Å². The number of benzene rings is 3. The molecule has 0 aliphatic carbocycles. The van der Waals surface area contributed by atoms with E-state index in [1.807, 2.05) is 42.5 Å². The number of hydrogen-bond donors (Lipinski definition) is 3. The van der Waals surface area contributed by atoms with Crippen LogP contribution in [0.4, 0.5) is 5.69 Å². The van der Waals surface area contributed by atoms with Crippen molar-refractivity contribution in [2.75, 3.05) is 18.6 Å². The number of carbonyl (C=O) groups is 1. The average molecular weight is 496 g/mol. The summed E-state index contributed by atoms with van der Waals surface area (Å²) in [6.07, 6.45) is -0.656. The topological polar surface area (TPSA) is 108 Å². The van der Waals surface area contributed by atoms with Crippen LogP contribution < -0.4 is 19.7 Å². The molecule has 1 aliphatic heterocycles. The second kappa shape index (κ2) is 10.6. The van der Waals surface area contributed by atoms with E-state index in [1.165, 1.54) is 11.0 Å². The number of nitrogens with zero attached hydrogens (tertiary/aromatic N) is 1. The van der Waals surface area contributed by atoms with Gasteiger partial charge in [0.05, 0.1) is 17.5 Å². The number of hydrogen-bond acceptors (Lipinski definition) is 6. The lowest BCUT2D eigenvalue weighted by molar-refractivity contribution is -0.121. The summed E-state index contributed by atoms with van der Waals surface area (Å²) in [6.45, 7) is 2.29. The number of amides is 1. The van der Waals surface area contributed by atoms with Crippen LogP contribution in [-0.2, 0) is 27.7 Å². The van der Waals surface area contributed by atoms with Crippen LogP contribution in [-0.4, -0.2) is 45.5 Å². The molecule has 0 spiro atoms. The number of nitrogens with one attached hydrogen (secondary N) is 2. The van der Waals surface area contributed by atoms with Crippen LogP contribution in [0.25, 0.3) is 0 Å². The molecule has 1 amide bonds. The molecule has 3 aromatic rings. The molecule has 0 saturated carbocycles. The van der Waals surface area contributed by atoms with E-state index in [0.29, 0.717) is 17.9 Å². The third kappa shape index (κ3) is 5.88. The van der Waals surface area contributed by atoms with E-state index < -0.39 is 22.4 Å². The van der Waals surface area contributed by atoms with Gasteiger partial charge in [-0.05, 0) is 54.3 Å². The summed E-state index contributed by atoms with van der Waals surface area (Å²) in [7, 11) is -2.36. The molecule has 3 N–H and O–H groups in total. The molecular weight excluding hydrogens is 466 g/mol. The Balaban J connectivity index is 1.54. The number of aliphatic hydroxyl groups is 1. The SMILES string of the molecule is Cc1ccccc1S(=O)(=O)NC(O)NC(Cc1ccccc1)C(=O)N(C)c1ccc2c(c1)CCO2. The Kier molecular flexibility index (Phi) is 7.51. The molecule has 0 saturated heterocycles. The zero-order chi connectivity index (χ0) is 25.0. The maximum atomic E-state index is 13.5. The zero-order valence-electron chi connectivity index (χ0n) is 19.6. The number of aryl methyl sites for hydroxylation is 1. The minimum Gasteiger partial charge on any atom is -0.493 e. The highest BCUT2D eigenvalue weighted by molar-refractivity contribution is 7.89. The Morgan fingerprint density at radius 2 is 1.80 bits per heavy atom. The van der Waals surface area contributed by atoms with Crippen molar-refractivity contribution in [1.82, 2.24) is 10.0 Å². The first kappa shape index (κ1) is 24.9. The lowest BCUT2D eigenvalue weighted by atomic mass is 10.0. The van der Waals surface area contributed by atoms with Crippen molar-refractivity contribution >= 4 is 21.6 Å². The molecule has 3 aromatic carbocycles. The molecule has 1 heterocycles. The molecule has 4 rings (SSSR count). The highest BCUT2D eigenvalue weighted by Gasteiger charge is 2.28. The molecule has 2 unspecified atom stereocenters. The van der Waals surface area contributed by atoms with E-state index in [1.54, 1.807) is 38.2 Å². The number of ether oxygens (including phenoxy) is 1. The van der Waals surface area contributed by atoms with Gasteiger partial charge in [0.2, 0.25) is 15.9 Å². The Bertz CT molecular complexity index is 1300. The van der Waals surface area contributed by atoms with Gasteiger partial charge in [-0.1, -0.05) is 48.5 Å². The predicted octanol–water partition coefficient (Wildman–Crippen LogP) is 2.35. The lowest BCUT2D eigenvalue weighted by Gasteiger charge is -2.27. The molecule has 2 atom stereocenters. The van der Waals surface area contributed by atoms with Crippen LogP contribution in [0, 0.1) is 6.92 Å². The Morgan fingerprint density at radius 1 is 1.09 bits per heavy atom. The van der Waals surface area contributed by atoms with Crippen molar-refractivity contribution in [2.24, 2.45) is 0 Å². The molecule has 0 aromatic heterocycles. The zero-order valence-corrected chi connectivity index (χ0v) is 20.5. The van der Waals surface area contributed by atoms with Crippen LogP contribution in [0.1, 0.15) is 16.7 Å². The summed E-state index contributed by atoms with van der Waals surface area (Å²) in [5.74, 6) is 0.497. The van der Waals surface area contributed by atoms with Crippen molar-refractivity contribution in [2.45, 2.75) is 37.1 Å². The number of anilines is 1. The van der Waals surface area contributed by atoms with Crippen molar-refractivity contribution in [3.05, 3.63) is 89.5 Å². The number of aliphatic hydroxyl groups excluding tert-OH is 1. The quantitative estimate of drug-likeness (QED) is 0.394. The van der Waals surface area contributed by atoms with Gasteiger partial charge in [-0.25, -0.2) is 8.42 Å². The largest absolute Gasteiger partial charge is 0.493 e. The maximum Gasteiger partial charge on any atom is 0.244 e. The first-order chi connectivity index (χ1) is 16.7. The molecule has 0 radical (unpaired) electrons. The Morgan fingerprint density at radius 3 is 2.54 bits per heavy atom. The van der Waals surface area contributed by atoms with Crippen LogP contribution in [0.5, 0.6) is 5.75 Å². The summed E-state index contributed by atoms with van der Waals surface area (Å²) >= 11 is 0. The van der Waals surface area contributed by atoms with E-state index in [0.717, 1.165) is 23.3 Å². The third-order valence-corrected chi connectivity index (χ3v) is 7.55.